The molecule has 0 aliphatic heterocycles. The summed E-state index contributed by atoms with van der Waals surface area (Å²) in [6, 6.07) is 5.14. The van der Waals surface area contributed by atoms with Crippen LogP contribution in [0, 0.1) is 6.92 Å². The van der Waals surface area contributed by atoms with Gasteiger partial charge in [0.05, 0.1) is 5.69 Å². The first-order valence-corrected chi connectivity index (χ1v) is 6.28. The Hall–Kier alpha value is -2.57. The molecule has 0 aliphatic rings. The zero-order valence-corrected chi connectivity index (χ0v) is 11.7. The number of carbonyl (C=O) groups excluding carboxylic acids is 2. The number of rotatable bonds is 4. The predicted molar refractivity (Wildman–Crippen MR) is 79.8 cm³/mol. The van der Waals surface area contributed by atoms with Crippen LogP contribution in [0.2, 0.25) is 0 Å². The van der Waals surface area contributed by atoms with Gasteiger partial charge in [0, 0.05) is 16.8 Å². The Balaban J connectivity index is 0.00000264. The van der Waals surface area contributed by atoms with Crippen LogP contribution < -0.4 is 4.74 Å². The summed E-state index contributed by atoms with van der Waals surface area (Å²) >= 11 is 0. The quantitative estimate of drug-likeness (QED) is 0.662. The number of H-pyrrole nitrogens is 1. The summed E-state index contributed by atoms with van der Waals surface area (Å²) in [5.74, 6) is -0.714. The topological polar surface area (TPSA) is 59.2 Å². The van der Waals surface area contributed by atoms with Crippen LogP contribution in [0.1, 0.15) is 40.9 Å². The van der Waals surface area contributed by atoms with Crippen LogP contribution in [0.3, 0.4) is 0 Å². The van der Waals surface area contributed by atoms with Gasteiger partial charge >= 0.3 is 6.36 Å². The molecular formula is C16H16F3NO3. The van der Waals surface area contributed by atoms with Crippen LogP contribution in [-0.4, -0.2) is 23.4 Å². The number of aryl methyl sites for hydroxylation is 1. The highest BCUT2D eigenvalue weighted by molar-refractivity contribution is 6.06. The minimum atomic E-state index is -4.82. The fraction of sp³-hybridized carbons (Fsp3) is 0.250. The molecule has 1 aromatic heterocycles. The molecule has 124 valence electrons. The predicted octanol–water partition coefficient (Wildman–Crippen LogP) is 4.54. The van der Waals surface area contributed by atoms with Crippen LogP contribution in [0.25, 0.3) is 11.1 Å². The van der Waals surface area contributed by atoms with Crippen LogP contribution in [0.5, 0.6) is 5.75 Å². The van der Waals surface area contributed by atoms with Gasteiger partial charge in [-0.1, -0.05) is 19.6 Å². The van der Waals surface area contributed by atoms with Crippen molar-refractivity contribution in [1.29, 1.82) is 0 Å². The molecule has 4 nitrogen and oxygen atoms in total. The van der Waals surface area contributed by atoms with E-state index >= 15 is 0 Å². The van der Waals surface area contributed by atoms with E-state index < -0.39 is 12.1 Å². The standard InChI is InChI=1S/C15H12F3NO3.CH4/c1-8-13(9(2)21)14(12(7-20)19-8)10-4-3-5-11(6-10)22-15(16,17)18;/h3-7,19H,1-2H3;1H4. The lowest BCUT2D eigenvalue weighted by Gasteiger charge is -2.10. The van der Waals surface area contributed by atoms with E-state index in [-0.39, 0.29) is 30.0 Å². The van der Waals surface area contributed by atoms with E-state index in [0.29, 0.717) is 17.5 Å². The van der Waals surface area contributed by atoms with E-state index in [4.69, 9.17) is 0 Å². The molecule has 0 saturated heterocycles. The third kappa shape index (κ3) is 4.00. The average Bonchev–Trinajstić information content (AvgIpc) is 2.74. The number of aromatic amines is 1. The molecule has 0 amide bonds. The smallest absolute Gasteiger partial charge is 0.406 e. The second kappa shape index (κ2) is 6.68. The summed E-state index contributed by atoms with van der Waals surface area (Å²) in [5, 5.41) is 0. The van der Waals surface area contributed by atoms with E-state index in [9.17, 15) is 22.8 Å². The first-order chi connectivity index (χ1) is 10.2. The number of nitrogens with one attached hydrogen (secondary N) is 1. The normalized spacial score (nSPS) is 10.8. The Kier molecular flexibility index (Phi) is 5.37. The lowest BCUT2D eigenvalue weighted by Crippen LogP contribution is -2.17. The van der Waals surface area contributed by atoms with Crippen molar-refractivity contribution >= 4 is 12.1 Å². The van der Waals surface area contributed by atoms with Crippen molar-refractivity contribution in [3.8, 4) is 16.9 Å². The van der Waals surface area contributed by atoms with Gasteiger partial charge in [0.15, 0.2) is 12.1 Å². The number of halogens is 3. The molecule has 23 heavy (non-hydrogen) atoms. The Morgan fingerprint density at radius 2 is 1.96 bits per heavy atom. The molecule has 2 rings (SSSR count). The molecule has 1 aromatic carbocycles. The lowest BCUT2D eigenvalue weighted by molar-refractivity contribution is -0.274. The summed E-state index contributed by atoms with van der Waals surface area (Å²) in [6.45, 7) is 2.94. The number of hydrogen-bond donors (Lipinski definition) is 1. The van der Waals surface area contributed by atoms with E-state index in [1.807, 2.05) is 0 Å². The third-order valence-corrected chi connectivity index (χ3v) is 3.04. The van der Waals surface area contributed by atoms with Crippen molar-refractivity contribution < 1.29 is 27.5 Å². The zero-order chi connectivity index (χ0) is 16.5. The van der Waals surface area contributed by atoms with Gasteiger partial charge in [0.2, 0.25) is 0 Å². The molecule has 0 radical (unpaired) electrons. The molecule has 1 N–H and O–H groups in total. The molecular weight excluding hydrogens is 311 g/mol. The van der Waals surface area contributed by atoms with E-state index in [0.717, 1.165) is 12.1 Å². The average molecular weight is 327 g/mol. The van der Waals surface area contributed by atoms with Gasteiger partial charge in [-0.3, -0.25) is 9.59 Å². The second-order valence-corrected chi connectivity index (χ2v) is 4.66. The zero-order valence-electron chi connectivity index (χ0n) is 11.7. The van der Waals surface area contributed by atoms with Crippen molar-refractivity contribution in [3.63, 3.8) is 0 Å². The van der Waals surface area contributed by atoms with Gasteiger partial charge in [-0.05, 0) is 31.5 Å². The molecule has 0 spiro atoms. The first-order valence-electron chi connectivity index (χ1n) is 6.28. The minimum Gasteiger partial charge on any atom is -0.406 e. The second-order valence-electron chi connectivity index (χ2n) is 4.66. The summed E-state index contributed by atoms with van der Waals surface area (Å²) in [5.41, 5.74) is 1.44. The molecule has 7 heteroatoms. The van der Waals surface area contributed by atoms with Gasteiger partial charge in [0.1, 0.15) is 5.75 Å². The van der Waals surface area contributed by atoms with Crippen molar-refractivity contribution in [2.45, 2.75) is 27.6 Å². The summed E-state index contributed by atoms with van der Waals surface area (Å²) < 4.78 is 40.7. The Labute approximate surface area is 131 Å². The number of Topliss-reactive ketones (excluding diaryl/α,β-unsaturated/α-hetero) is 1. The number of carbonyl (C=O) groups is 2. The fourth-order valence-electron chi connectivity index (χ4n) is 2.33. The van der Waals surface area contributed by atoms with Crippen LogP contribution in [0.15, 0.2) is 24.3 Å². The van der Waals surface area contributed by atoms with Crippen molar-refractivity contribution in [2.24, 2.45) is 0 Å². The van der Waals surface area contributed by atoms with Gasteiger partial charge in [-0.25, -0.2) is 0 Å². The maximum Gasteiger partial charge on any atom is 0.573 e. The maximum atomic E-state index is 12.3. The number of hydrogen-bond acceptors (Lipinski definition) is 3. The maximum absolute atomic E-state index is 12.3. The fourth-order valence-corrected chi connectivity index (χ4v) is 2.33. The Morgan fingerprint density at radius 1 is 1.30 bits per heavy atom. The molecule has 0 fully saturated rings. The van der Waals surface area contributed by atoms with Gasteiger partial charge in [-0.2, -0.15) is 0 Å². The van der Waals surface area contributed by atoms with E-state index in [1.54, 1.807) is 6.92 Å². The van der Waals surface area contributed by atoms with E-state index in [2.05, 4.69) is 9.72 Å². The highest BCUT2D eigenvalue weighted by Crippen LogP contribution is 2.33. The molecule has 1 heterocycles. The molecule has 0 bridgehead atoms. The molecule has 0 atom stereocenters. The van der Waals surface area contributed by atoms with Gasteiger partial charge < -0.3 is 9.72 Å². The monoisotopic (exact) mass is 327 g/mol. The molecule has 0 saturated carbocycles. The minimum absolute atomic E-state index is 0. The van der Waals surface area contributed by atoms with Crippen molar-refractivity contribution in [1.82, 2.24) is 4.98 Å². The summed E-state index contributed by atoms with van der Waals surface area (Å²) in [6.07, 6.45) is -4.30. The lowest BCUT2D eigenvalue weighted by atomic mass is 9.98. The van der Waals surface area contributed by atoms with Gasteiger partial charge in [0.25, 0.3) is 0 Å². The Morgan fingerprint density at radius 3 is 2.48 bits per heavy atom. The van der Waals surface area contributed by atoms with E-state index in [1.165, 1.54) is 19.1 Å². The van der Waals surface area contributed by atoms with Crippen molar-refractivity contribution in [3.05, 3.63) is 41.2 Å². The Bertz CT molecular complexity index is 733. The molecule has 0 unspecified atom stereocenters. The summed E-state index contributed by atoms with van der Waals surface area (Å²) in [4.78, 5) is 25.7. The number of alkyl halides is 3. The SMILES string of the molecule is C.CC(=O)c1c(C)[nH]c(C=O)c1-c1cccc(OC(F)(F)F)c1. The van der Waals surface area contributed by atoms with Crippen LogP contribution in [0.4, 0.5) is 13.2 Å². The largest absolute Gasteiger partial charge is 0.573 e. The third-order valence-electron chi connectivity index (χ3n) is 3.04. The number of ether oxygens (including phenoxy) is 1. The highest BCUT2D eigenvalue weighted by atomic mass is 19.4. The molecule has 2 aromatic rings. The first kappa shape index (κ1) is 18.5. The number of benzene rings is 1. The number of aldehydes is 1. The van der Waals surface area contributed by atoms with Gasteiger partial charge in [-0.15, -0.1) is 13.2 Å². The summed E-state index contributed by atoms with van der Waals surface area (Å²) in [7, 11) is 0. The van der Waals surface area contributed by atoms with Crippen LogP contribution in [-0.2, 0) is 0 Å². The highest BCUT2D eigenvalue weighted by Gasteiger charge is 2.31. The molecule has 0 aliphatic carbocycles. The van der Waals surface area contributed by atoms with Crippen LogP contribution >= 0.6 is 0 Å². The number of aromatic nitrogens is 1. The van der Waals surface area contributed by atoms with Crippen molar-refractivity contribution in [2.75, 3.05) is 0 Å². The number of ketones is 1.